The van der Waals surface area contributed by atoms with Crippen LogP contribution in [0.3, 0.4) is 0 Å². The number of aryl methyl sites for hydroxylation is 1. The molecule has 0 aliphatic rings. The molecule has 0 fully saturated rings. The standard InChI is InChI=1S/C14H15Cl2N3/c1-3-4-17-13-5-9(2)18-14(19-13)10-6-11(15)8-12(16)7-10/h5-8H,3-4H2,1-2H3,(H,17,18,19). The highest BCUT2D eigenvalue weighted by molar-refractivity contribution is 6.35. The summed E-state index contributed by atoms with van der Waals surface area (Å²) >= 11 is 12.0. The first-order valence-corrected chi connectivity index (χ1v) is 6.90. The van der Waals surface area contributed by atoms with Crippen molar-refractivity contribution < 1.29 is 0 Å². The molecule has 0 unspecified atom stereocenters. The molecule has 1 aromatic carbocycles. The van der Waals surface area contributed by atoms with Crippen molar-refractivity contribution in [2.75, 3.05) is 11.9 Å². The second kappa shape index (κ2) is 6.22. The van der Waals surface area contributed by atoms with Crippen LogP contribution in [0.5, 0.6) is 0 Å². The Bertz CT molecular complexity index is 565. The van der Waals surface area contributed by atoms with Gasteiger partial charge in [0.1, 0.15) is 5.82 Å². The van der Waals surface area contributed by atoms with Crippen LogP contribution in [-0.2, 0) is 0 Å². The maximum absolute atomic E-state index is 6.01. The number of hydrogen-bond donors (Lipinski definition) is 1. The number of nitrogens with zero attached hydrogens (tertiary/aromatic N) is 2. The van der Waals surface area contributed by atoms with Crippen LogP contribution < -0.4 is 5.32 Å². The Morgan fingerprint density at radius 1 is 1.05 bits per heavy atom. The number of benzene rings is 1. The van der Waals surface area contributed by atoms with Crippen LogP contribution in [-0.4, -0.2) is 16.5 Å². The van der Waals surface area contributed by atoms with E-state index in [4.69, 9.17) is 23.2 Å². The molecule has 0 aliphatic carbocycles. The van der Waals surface area contributed by atoms with Gasteiger partial charge in [-0.25, -0.2) is 9.97 Å². The summed E-state index contributed by atoms with van der Waals surface area (Å²) in [7, 11) is 0. The lowest BCUT2D eigenvalue weighted by atomic mass is 10.2. The third-order valence-corrected chi connectivity index (χ3v) is 2.97. The summed E-state index contributed by atoms with van der Waals surface area (Å²) in [6.07, 6.45) is 1.04. The second-order valence-corrected chi connectivity index (χ2v) is 5.18. The first-order chi connectivity index (χ1) is 9.08. The quantitative estimate of drug-likeness (QED) is 0.897. The monoisotopic (exact) mass is 295 g/mol. The fraction of sp³-hybridized carbons (Fsp3) is 0.286. The number of nitrogens with one attached hydrogen (secondary N) is 1. The fourth-order valence-electron chi connectivity index (χ4n) is 1.72. The molecule has 5 heteroatoms. The van der Waals surface area contributed by atoms with Gasteiger partial charge in [0.2, 0.25) is 0 Å². The Hall–Kier alpha value is -1.32. The summed E-state index contributed by atoms with van der Waals surface area (Å²) in [5.74, 6) is 1.45. The molecular formula is C14H15Cl2N3. The largest absolute Gasteiger partial charge is 0.370 e. The van der Waals surface area contributed by atoms with Crippen molar-refractivity contribution in [1.82, 2.24) is 9.97 Å². The van der Waals surface area contributed by atoms with E-state index in [1.165, 1.54) is 0 Å². The predicted octanol–water partition coefficient (Wildman–Crippen LogP) is 4.58. The van der Waals surface area contributed by atoms with E-state index in [1.807, 2.05) is 25.1 Å². The molecular weight excluding hydrogens is 281 g/mol. The van der Waals surface area contributed by atoms with Crippen molar-refractivity contribution in [2.24, 2.45) is 0 Å². The average Bonchev–Trinajstić information content (AvgIpc) is 2.34. The third-order valence-electron chi connectivity index (χ3n) is 2.53. The van der Waals surface area contributed by atoms with Crippen molar-refractivity contribution in [3.05, 3.63) is 40.0 Å². The van der Waals surface area contributed by atoms with Gasteiger partial charge in [0.15, 0.2) is 5.82 Å². The summed E-state index contributed by atoms with van der Waals surface area (Å²) < 4.78 is 0. The molecule has 0 atom stereocenters. The average molecular weight is 296 g/mol. The van der Waals surface area contributed by atoms with E-state index in [0.717, 1.165) is 30.0 Å². The molecule has 2 aromatic rings. The minimum absolute atomic E-state index is 0.579. The van der Waals surface area contributed by atoms with E-state index in [9.17, 15) is 0 Å². The van der Waals surface area contributed by atoms with Crippen LogP contribution in [0.4, 0.5) is 5.82 Å². The zero-order valence-corrected chi connectivity index (χ0v) is 12.4. The first-order valence-electron chi connectivity index (χ1n) is 6.14. The maximum Gasteiger partial charge on any atom is 0.161 e. The summed E-state index contributed by atoms with van der Waals surface area (Å²) in [5.41, 5.74) is 1.72. The Morgan fingerprint density at radius 3 is 2.37 bits per heavy atom. The van der Waals surface area contributed by atoms with E-state index in [2.05, 4.69) is 22.2 Å². The Labute approximate surface area is 123 Å². The Morgan fingerprint density at radius 2 is 1.74 bits per heavy atom. The van der Waals surface area contributed by atoms with Gasteiger partial charge in [-0.1, -0.05) is 30.1 Å². The van der Waals surface area contributed by atoms with E-state index < -0.39 is 0 Å². The van der Waals surface area contributed by atoms with Gasteiger partial charge in [-0.05, 0) is 31.5 Å². The summed E-state index contributed by atoms with van der Waals surface area (Å²) in [6.45, 7) is 4.93. The highest BCUT2D eigenvalue weighted by Gasteiger charge is 2.07. The molecule has 0 aliphatic heterocycles. The van der Waals surface area contributed by atoms with Crippen LogP contribution in [0, 0.1) is 6.92 Å². The van der Waals surface area contributed by atoms with Crippen molar-refractivity contribution in [2.45, 2.75) is 20.3 Å². The smallest absolute Gasteiger partial charge is 0.161 e. The van der Waals surface area contributed by atoms with Gasteiger partial charge in [0, 0.05) is 33.9 Å². The maximum atomic E-state index is 6.01. The van der Waals surface area contributed by atoms with Crippen LogP contribution >= 0.6 is 23.2 Å². The van der Waals surface area contributed by atoms with Crippen LogP contribution in [0.15, 0.2) is 24.3 Å². The lowest BCUT2D eigenvalue weighted by molar-refractivity contribution is 0.962. The SMILES string of the molecule is CCCNc1cc(C)nc(-c2cc(Cl)cc(Cl)c2)n1. The molecule has 3 nitrogen and oxygen atoms in total. The molecule has 100 valence electrons. The molecule has 0 radical (unpaired) electrons. The Kier molecular flexibility index (Phi) is 4.61. The van der Waals surface area contributed by atoms with Gasteiger partial charge in [0.25, 0.3) is 0 Å². The molecule has 0 saturated heterocycles. The fourth-order valence-corrected chi connectivity index (χ4v) is 2.25. The van der Waals surface area contributed by atoms with Gasteiger partial charge in [0.05, 0.1) is 0 Å². The lowest BCUT2D eigenvalue weighted by Crippen LogP contribution is -2.04. The van der Waals surface area contributed by atoms with Gasteiger partial charge in [-0.3, -0.25) is 0 Å². The van der Waals surface area contributed by atoms with E-state index >= 15 is 0 Å². The molecule has 0 bridgehead atoms. The van der Waals surface area contributed by atoms with Crippen LogP contribution in [0.2, 0.25) is 10.0 Å². The molecule has 19 heavy (non-hydrogen) atoms. The molecule has 0 spiro atoms. The van der Waals surface area contributed by atoms with Crippen LogP contribution in [0.1, 0.15) is 19.0 Å². The van der Waals surface area contributed by atoms with Crippen LogP contribution in [0.25, 0.3) is 11.4 Å². The number of hydrogen-bond acceptors (Lipinski definition) is 3. The molecule has 0 saturated carbocycles. The molecule has 1 N–H and O–H groups in total. The van der Waals surface area contributed by atoms with Gasteiger partial charge in [-0.15, -0.1) is 0 Å². The zero-order valence-electron chi connectivity index (χ0n) is 10.9. The summed E-state index contributed by atoms with van der Waals surface area (Å²) in [5, 5.41) is 4.42. The van der Waals surface area contributed by atoms with Gasteiger partial charge in [-0.2, -0.15) is 0 Å². The van der Waals surface area contributed by atoms with E-state index in [-0.39, 0.29) is 0 Å². The summed E-state index contributed by atoms with van der Waals surface area (Å²) in [6, 6.07) is 7.24. The molecule has 1 heterocycles. The number of anilines is 1. The second-order valence-electron chi connectivity index (χ2n) is 4.30. The predicted molar refractivity (Wildman–Crippen MR) is 81.0 cm³/mol. The number of halogens is 2. The zero-order chi connectivity index (χ0) is 13.8. The first kappa shape index (κ1) is 14.1. The van der Waals surface area contributed by atoms with E-state index in [1.54, 1.807) is 6.07 Å². The number of rotatable bonds is 4. The molecule has 0 amide bonds. The normalized spacial score (nSPS) is 10.5. The minimum Gasteiger partial charge on any atom is -0.370 e. The third kappa shape index (κ3) is 3.82. The van der Waals surface area contributed by atoms with Crippen molar-refractivity contribution in [1.29, 1.82) is 0 Å². The molecule has 1 aromatic heterocycles. The lowest BCUT2D eigenvalue weighted by Gasteiger charge is -2.08. The topological polar surface area (TPSA) is 37.8 Å². The summed E-state index contributed by atoms with van der Waals surface area (Å²) in [4.78, 5) is 8.91. The highest BCUT2D eigenvalue weighted by atomic mass is 35.5. The number of aromatic nitrogens is 2. The Balaban J connectivity index is 2.40. The van der Waals surface area contributed by atoms with Gasteiger partial charge < -0.3 is 5.32 Å². The minimum atomic E-state index is 0.579. The van der Waals surface area contributed by atoms with Gasteiger partial charge >= 0.3 is 0 Å². The van der Waals surface area contributed by atoms with Crippen molar-refractivity contribution in [3.8, 4) is 11.4 Å². The highest BCUT2D eigenvalue weighted by Crippen LogP contribution is 2.26. The van der Waals surface area contributed by atoms with Crippen molar-refractivity contribution in [3.63, 3.8) is 0 Å². The van der Waals surface area contributed by atoms with E-state index in [0.29, 0.717) is 15.9 Å². The van der Waals surface area contributed by atoms with Crippen molar-refractivity contribution >= 4 is 29.0 Å². The molecule has 2 rings (SSSR count).